The first kappa shape index (κ1) is 25.1. The van der Waals surface area contributed by atoms with Crippen molar-refractivity contribution in [1.82, 2.24) is 20.7 Å². The second-order valence-electron chi connectivity index (χ2n) is 9.35. The van der Waals surface area contributed by atoms with E-state index < -0.39 is 48.6 Å². The number of aryl methyl sites for hydroxylation is 1. The third-order valence-corrected chi connectivity index (χ3v) is 7.03. The van der Waals surface area contributed by atoms with Crippen molar-refractivity contribution in [2.75, 3.05) is 19.7 Å². The van der Waals surface area contributed by atoms with Gasteiger partial charge in [-0.05, 0) is 44.4 Å². The summed E-state index contributed by atoms with van der Waals surface area (Å²) in [6, 6.07) is -0.820. The maximum Gasteiger partial charge on any atom is 0.522 e. The fraction of sp³-hybridized carbons (Fsp3) is 0.682. The molecular weight excluding hydrogens is 473 g/mol. The Labute approximate surface area is 198 Å². The molecular formula is C22H27F3N4O6. The van der Waals surface area contributed by atoms with Crippen molar-refractivity contribution >= 4 is 23.5 Å². The number of rotatable bonds is 8. The lowest BCUT2D eigenvalue weighted by molar-refractivity contribution is -0.321. The number of aromatic nitrogens is 1. The van der Waals surface area contributed by atoms with Crippen molar-refractivity contribution in [3.8, 4) is 0 Å². The van der Waals surface area contributed by atoms with Gasteiger partial charge in [0.25, 0.3) is 5.91 Å². The van der Waals surface area contributed by atoms with Gasteiger partial charge in [0.1, 0.15) is 18.4 Å². The molecule has 3 heterocycles. The van der Waals surface area contributed by atoms with Gasteiger partial charge in [-0.25, -0.2) is 0 Å². The Bertz CT molecular complexity index is 996. The van der Waals surface area contributed by atoms with E-state index in [4.69, 9.17) is 4.52 Å². The molecule has 10 nitrogen and oxygen atoms in total. The first-order valence-electron chi connectivity index (χ1n) is 11.6. The van der Waals surface area contributed by atoms with Crippen LogP contribution in [0.4, 0.5) is 13.2 Å². The standard InChI is InChI=1S/C22H27F3N4O6/c1-11-7-16(28-35-11)21(33)29-9-13-3-2-4-14(13)18(29)20(32)27-15(8-12-5-6-26-19(12)31)17(30)10-34-22(23,24)25/h7,12-15,18H,2-6,8-10H2,1H3,(H,26,31)(H,27,32)/t12-,13-,14-,15-,18-/m0/s1. The quantitative estimate of drug-likeness (QED) is 0.551. The third kappa shape index (κ3) is 5.65. The minimum absolute atomic E-state index is 0.0501. The SMILES string of the molecule is Cc1cc(C(=O)N2C[C@@H]3CCC[C@@H]3[C@H]2C(=O)N[C@@H](C[C@@H]2CCNC2=O)C(=O)COC(F)(F)F)no1. The predicted molar refractivity (Wildman–Crippen MR) is 112 cm³/mol. The first-order chi connectivity index (χ1) is 16.5. The van der Waals surface area contributed by atoms with Crippen LogP contribution in [0, 0.1) is 24.7 Å². The summed E-state index contributed by atoms with van der Waals surface area (Å²) in [4.78, 5) is 52.6. The average Bonchev–Trinajstić information content (AvgIpc) is 3.56. The number of Topliss-reactive ketones (excluding diaryl/α,β-unsaturated/α-hetero) is 1. The van der Waals surface area contributed by atoms with Crippen LogP contribution in [0.3, 0.4) is 0 Å². The van der Waals surface area contributed by atoms with E-state index in [0.29, 0.717) is 31.7 Å². The zero-order valence-corrected chi connectivity index (χ0v) is 19.1. The fourth-order valence-electron chi connectivity index (χ4n) is 5.40. The second-order valence-corrected chi connectivity index (χ2v) is 9.35. The number of alkyl halides is 3. The molecule has 3 amide bonds. The van der Waals surface area contributed by atoms with Crippen LogP contribution in [0.25, 0.3) is 0 Å². The van der Waals surface area contributed by atoms with Gasteiger partial charge in [-0.2, -0.15) is 0 Å². The van der Waals surface area contributed by atoms with Gasteiger partial charge in [-0.3, -0.25) is 23.9 Å². The highest BCUT2D eigenvalue weighted by atomic mass is 19.4. The van der Waals surface area contributed by atoms with Gasteiger partial charge >= 0.3 is 6.36 Å². The molecule has 1 aromatic heterocycles. The predicted octanol–water partition coefficient (Wildman–Crippen LogP) is 1.34. The van der Waals surface area contributed by atoms with Crippen LogP contribution in [0.15, 0.2) is 10.6 Å². The average molecular weight is 500 g/mol. The number of amides is 3. The van der Waals surface area contributed by atoms with E-state index in [1.807, 2.05) is 0 Å². The van der Waals surface area contributed by atoms with E-state index in [1.54, 1.807) is 6.92 Å². The normalized spacial score (nSPS) is 27.0. The number of hydrogen-bond acceptors (Lipinski definition) is 7. The summed E-state index contributed by atoms with van der Waals surface area (Å²) in [6.45, 7) is 1.04. The van der Waals surface area contributed by atoms with Crippen LogP contribution >= 0.6 is 0 Å². The number of nitrogens with zero attached hydrogens (tertiary/aromatic N) is 2. The van der Waals surface area contributed by atoms with Crippen LogP contribution in [0.5, 0.6) is 0 Å². The molecule has 192 valence electrons. The Morgan fingerprint density at radius 3 is 2.71 bits per heavy atom. The number of likely N-dealkylation sites (tertiary alicyclic amines) is 1. The van der Waals surface area contributed by atoms with E-state index in [9.17, 15) is 32.3 Å². The summed E-state index contributed by atoms with van der Waals surface area (Å²) in [5.74, 6) is -2.72. The molecule has 2 aliphatic heterocycles. The topological polar surface area (TPSA) is 131 Å². The largest absolute Gasteiger partial charge is 0.522 e. The van der Waals surface area contributed by atoms with Crippen LogP contribution in [-0.4, -0.2) is 71.7 Å². The summed E-state index contributed by atoms with van der Waals surface area (Å²) >= 11 is 0. The molecule has 0 bridgehead atoms. The number of fused-ring (bicyclic) bond motifs is 1. The van der Waals surface area contributed by atoms with Crippen molar-refractivity contribution < 1.29 is 41.6 Å². The lowest BCUT2D eigenvalue weighted by Gasteiger charge is -2.29. The zero-order chi connectivity index (χ0) is 25.3. The molecule has 2 N–H and O–H groups in total. The number of halogens is 3. The summed E-state index contributed by atoms with van der Waals surface area (Å²) in [5.41, 5.74) is 0.0501. The Kier molecular flexibility index (Phi) is 7.15. The molecule has 0 unspecified atom stereocenters. The molecule has 1 aromatic rings. The zero-order valence-electron chi connectivity index (χ0n) is 19.1. The van der Waals surface area contributed by atoms with Crippen LogP contribution < -0.4 is 10.6 Å². The molecule has 0 spiro atoms. The fourth-order valence-corrected chi connectivity index (χ4v) is 5.40. The van der Waals surface area contributed by atoms with Gasteiger partial charge in [0, 0.05) is 25.1 Å². The van der Waals surface area contributed by atoms with Gasteiger partial charge in [-0.15, -0.1) is 13.2 Å². The molecule has 1 aliphatic carbocycles. The number of hydrogen-bond donors (Lipinski definition) is 2. The molecule has 2 saturated heterocycles. The molecule has 3 aliphatic rings. The minimum atomic E-state index is -5.02. The van der Waals surface area contributed by atoms with E-state index in [1.165, 1.54) is 11.0 Å². The summed E-state index contributed by atoms with van der Waals surface area (Å²) in [6.07, 6.45) is -2.37. The maximum atomic E-state index is 13.4. The van der Waals surface area contributed by atoms with E-state index in [2.05, 4.69) is 20.5 Å². The van der Waals surface area contributed by atoms with Crippen LogP contribution in [-0.2, 0) is 19.1 Å². The highest BCUT2D eigenvalue weighted by Gasteiger charge is 2.50. The van der Waals surface area contributed by atoms with Crippen molar-refractivity contribution in [3.63, 3.8) is 0 Å². The van der Waals surface area contributed by atoms with Gasteiger partial charge < -0.3 is 20.1 Å². The molecule has 5 atom stereocenters. The summed E-state index contributed by atoms with van der Waals surface area (Å²) in [7, 11) is 0. The number of carbonyl (C=O) groups excluding carboxylic acids is 4. The first-order valence-corrected chi connectivity index (χ1v) is 11.6. The molecule has 4 rings (SSSR count). The van der Waals surface area contributed by atoms with Crippen LogP contribution in [0.1, 0.15) is 48.4 Å². The molecule has 1 saturated carbocycles. The van der Waals surface area contributed by atoms with Crippen molar-refractivity contribution in [3.05, 3.63) is 17.5 Å². The van der Waals surface area contributed by atoms with E-state index in [-0.39, 0.29) is 29.9 Å². The van der Waals surface area contributed by atoms with Gasteiger partial charge in [0.05, 0.1) is 6.04 Å². The smallest absolute Gasteiger partial charge is 0.361 e. The van der Waals surface area contributed by atoms with Crippen molar-refractivity contribution in [1.29, 1.82) is 0 Å². The number of ether oxygens (including phenoxy) is 1. The van der Waals surface area contributed by atoms with Gasteiger partial charge in [0.15, 0.2) is 11.5 Å². The molecule has 13 heteroatoms. The van der Waals surface area contributed by atoms with E-state index in [0.717, 1.165) is 12.8 Å². The lowest BCUT2D eigenvalue weighted by atomic mass is 9.92. The Balaban J connectivity index is 1.53. The van der Waals surface area contributed by atoms with Gasteiger partial charge in [0.2, 0.25) is 11.8 Å². The second kappa shape index (κ2) is 9.96. The Morgan fingerprint density at radius 2 is 2.09 bits per heavy atom. The molecule has 35 heavy (non-hydrogen) atoms. The van der Waals surface area contributed by atoms with Gasteiger partial charge in [-0.1, -0.05) is 11.6 Å². The third-order valence-electron chi connectivity index (χ3n) is 7.03. The maximum absolute atomic E-state index is 13.4. The lowest BCUT2D eigenvalue weighted by Crippen LogP contribution is -2.54. The number of ketones is 1. The number of carbonyl (C=O) groups is 4. The highest BCUT2D eigenvalue weighted by Crippen LogP contribution is 2.42. The number of nitrogens with one attached hydrogen (secondary N) is 2. The van der Waals surface area contributed by atoms with Crippen molar-refractivity contribution in [2.45, 2.75) is 57.5 Å². The summed E-state index contributed by atoms with van der Waals surface area (Å²) in [5, 5.41) is 8.89. The Morgan fingerprint density at radius 1 is 1.31 bits per heavy atom. The van der Waals surface area contributed by atoms with Crippen molar-refractivity contribution in [2.24, 2.45) is 17.8 Å². The monoisotopic (exact) mass is 500 g/mol. The minimum Gasteiger partial charge on any atom is -0.361 e. The van der Waals surface area contributed by atoms with Crippen LogP contribution in [0.2, 0.25) is 0 Å². The Hall–Kier alpha value is -2.96. The highest BCUT2D eigenvalue weighted by molar-refractivity contribution is 5.98. The molecule has 3 fully saturated rings. The molecule has 0 radical (unpaired) electrons. The molecule has 0 aromatic carbocycles. The van der Waals surface area contributed by atoms with E-state index >= 15 is 0 Å². The summed E-state index contributed by atoms with van der Waals surface area (Å²) < 4.78 is 46.2.